The molecule has 0 N–H and O–H groups in total. The van der Waals surface area contributed by atoms with Crippen molar-refractivity contribution in [1.29, 1.82) is 0 Å². The van der Waals surface area contributed by atoms with Crippen molar-refractivity contribution in [3.8, 4) is 0 Å². The van der Waals surface area contributed by atoms with E-state index in [2.05, 4.69) is 0 Å². The van der Waals surface area contributed by atoms with Crippen LogP contribution in [0.3, 0.4) is 0 Å². The Morgan fingerprint density at radius 1 is 1.28 bits per heavy atom. The molecule has 1 aromatic carbocycles. The average molecular weight is 287 g/mol. The molecule has 0 aliphatic carbocycles. The molecule has 3 nitrogen and oxygen atoms in total. The quantitative estimate of drug-likeness (QED) is 0.802. The van der Waals surface area contributed by atoms with E-state index in [-0.39, 0.29) is 23.3 Å². The molecular weight excluding hydrogens is 272 g/mol. The maximum absolute atomic E-state index is 11.4. The van der Waals surface area contributed by atoms with Crippen LogP contribution in [0.5, 0.6) is 0 Å². The molecule has 2 rings (SSSR count). The fourth-order valence-corrected chi connectivity index (χ4v) is 4.17. The number of benzene rings is 1. The minimum atomic E-state index is -2.89. The predicted molar refractivity (Wildman–Crippen MR) is 71.6 cm³/mol. The molecule has 1 saturated heterocycles. The maximum atomic E-state index is 11.4. The number of carbonyl (C=O) groups excluding carboxylic acids is 1. The summed E-state index contributed by atoms with van der Waals surface area (Å²) in [4.78, 5) is 11.3. The summed E-state index contributed by atoms with van der Waals surface area (Å²) in [6.07, 6.45) is 2.02. The lowest BCUT2D eigenvalue weighted by Gasteiger charge is -2.27. The van der Waals surface area contributed by atoms with Crippen molar-refractivity contribution in [2.75, 3.05) is 11.5 Å². The SMILES string of the molecule is O=CC(c1cccc(Cl)c1)C1CCS(=O)(=O)CC1. The van der Waals surface area contributed by atoms with Gasteiger partial charge in [0.15, 0.2) is 0 Å². The lowest BCUT2D eigenvalue weighted by molar-refractivity contribution is -0.110. The van der Waals surface area contributed by atoms with E-state index in [1.54, 1.807) is 12.1 Å². The molecule has 1 aliphatic rings. The standard InChI is InChI=1S/C13H15ClO3S/c14-12-3-1-2-11(8-12)13(9-15)10-4-6-18(16,17)7-5-10/h1-3,8-10,13H,4-7H2. The number of halogens is 1. The van der Waals surface area contributed by atoms with Crippen LogP contribution < -0.4 is 0 Å². The first kappa shape index (κ1) is 13.6. The lowest BCUT2D eigenvalue weighted by Crippen LogP contribution is -2.27. The molecule has 18 heavy (non-hydrogen) atoms. The van der Waals surface area contributed by atoms with Gasteiger partial charge in [-0.2, -0.15) is 0 Å². The number of sulfone groups is 1. The number of hydrogen-bond acceptors (Lipinski definition) is 3. The van der Waals surface area contributed by atoms with Crippen molar-refractivity contribution in [2.24, 2.45) is 5.92 Å². The van der Waals surface area contributed by atoms with Crippen LogP contribution in [0.1, 0.15) is 24.3 Å². The van der Waals surface area contributed by atoms with Gasteiger partial charge < -0.3 is 4.79 Å². The van der Waals surface area contributed by atoms with Crippen molar-refractivity contribution in [2.45, 2.75) is 18.8 Å². The Hall–Kier alpha value is -0.870. The van der Waals surface area contributed by atoms with E-state index >= 15 is 0 Å². The first-order chi connectivity index (χ1) is 8.52. The first-order valence-electron chi connectivity index (χ1n) is 5.93. The van der Waals surface area contributed by atoms with Crippen molar-refractivity contribution in [3.63, 3.8) is 0 Å². The highest BCUT2D eigenvalue weighted by Crippen LogP contribution is 2.32. The highest BCUT2D eigenvalue weighted by molar-refractivity contribution is 7.91. The molecule has 1 atom stereocenters. The molecule has 98 valence electrons. The van der Waals surface area contributed by atoms with E-state index in [0.717, 1.165) is 11.8 Å². The molecule has 1 aliphatic heterocycles. The van der Waals surface area contributed by atoms with Gasteiger partial charge in [-0.3, -0.25) is 0 Å². The molecule has 0 bridgehead atoms. The highest BCUT2D eigenvalue weighted by Gasteiger charge is 2.30. The number of rotatable bonds is 3. The summed E-state index contributed by atoms with van der Waals surface area (Å²) >= 11 is 5.92. The van der Waals surface area contributed by atoms with Crippen LogP contribution in [0.4, 0.5) is 0 Å². The molecule has 0 saturated carbocycles. The summed E-state index contributed by atoms with van der Waals surface area (Å²) in [5.41, 5.74) is 0.877. The largest absolute Gasteiger partial charge is 0.303 e. The topological polar surface area (TPSA) is 51.2 Å². The van der Waals surface area contributed by atoms with Crippen molar-refractivity contribution >= 4 is 27.7 Å². The predicted octanol–water partition coefficient (Wildman–Crippen LogP) is 2.45. The second kappa shape index (κ2) is 5.41. The van der Waals surface area contributed by atoms with Gasteiger partial charge in [-0.05, 0) is 36.5 Å². The van der Waals surface area contributed by atoms with Gasteiger partial charge in [0.25, 0.3) is 0 Å². The molecule has 1 aromatic rings. The van der Waals surface area contributed by atoms with Gasteiger partial charge in [0.05, 0.1) is 11.5 Å². The molecule has 5 heteroatoms. The second-order valence-electron chi connectivity index (χ2n) is 4.71. The summed E-state index contributed by atoms with van der Waals surface area (Å²) in [6, 6.07) is 7.23. The lowest BCUT2D eigenvalue weighted by atomic mass is 9.83. The molecule has 1 fully saturated rings. The van der Waals surface area contributed by atoms with E-state index in [1.165, 1.54) is 0 Å². The minimum Gasteiger partial charge on any atom is -0.303 e. The van der Waals surface area contributed by atoms with Crippen LogP contribution in [-0.2, 0) is 14.6 Å². The summed E-state index contributed by atoms with van der Waals surface area (Å²) in [5.74, 6) is 0.217. The molecule has 0 radical (unpaired) electrons. The van der Waals surface area contributed by atoms with Gasteiger partial charge in [-0.25, -0.2) is 8.42 Å². The monoisotopic (exact) mass is 286 g/mol. The Morgan fingerprint density at radius 3 is 2.50 bits per heavy atom. The molecule has 0 amide bonds. The van der Waals surface area contributed by atoms with Gasteiger partial charge in [-0.15, -0.1) is 0 Å². The zero-order valence-electron chi connectivity index (χ0n) is 9.88. The summed E-state index contributed by atoms with van der Waals surface area (Å²) in [5, 5.41) is 0.600. The van der Waals surface area contributed by atoms with Crippen molar-refractivity contribution in [1.82, 2.24) is 0 Å². The van der Waals surface area contributed by atoms with E-state index in [9.17, 15) is 13.2 Å². The fourth-order valence-electron chi connectivity index (χ4n) is 2.44. The maximum Gasteiger partial charge on any atom is 0.150 e. The Kier molecular flexibility index (Phi) is 4.07. The number of aldehydes is 1. The third-order valence-electron chi connectivity index (χ3n) is 3.49. The fraction of sp³-hybridized carbons (Fsp3) is 0.462. The van der Waals surface area contributed by atoms with Crippen LogP contribution in [-0.4, -0.2) is 26.2 Å². The molecule has 0 spiro atoms. The van der Waals surface area contributed by atoms with Gasteiger partial charge >= 0.3 is 0 Å². The summed E-state index contributed by atoms with van der Waals surface area (Å²) in [6.45, 7) is 0. The third kappa shape index (κ3) is 3.12. The van der Waals surface area contributed by atoms with Crippen LogP contribution in [0.2, 0.25) is 5.02 Å². The van der Waals surface area contributed by atoms with Gasteiger partial charge in [-0.1, -0.05) is 23.7 Å². The van der Waals surface area contributed by atoms with Gasteiger partial charge in [0, 0.05) is 10.9 Å². The molecule has 1 heterocycles. The van der Waals surface area contributed by atoms with E-state index in [0.29, 0.717) is 17.9 Å². The Balaban J connectivity index is 2.17. The smallest absolute Gasteiger partial charge is 0.150 e. The number of carbonyl (C=O) groups is 1. The van der Waals surface area contributed by atoms with Crippen molar-refractivity contribution in [3.05, 3.63) is 34.9 Å². The molecule has 0 aromatic heterocycles. The zero-order chi connectivity index (χ0) is 13.2. The Morgan fingerprint density at radius 2 is 1.94 bits per heavy atom. The van der Waals surface area contributed by atoms with E-state index < -0.39 is 9.84 Å². The van der Waals surface area contributed by atoms with Crippen LogP contribution in [0, 0.1) is 5.92 Å². The third-order valence-corrected chi connectivity index (χ3v) is 5.44. The first-order valence-corrected chi connectivity index (χ1v) is 8.13. The number of hydrogen-bond donors (Lipinski definition) is 0. The van der Waals surface area contributed by atoms with Crippen LogP contribution in [0.25, 0.3) is 0 Å². The van der Waals surface area contributed by atoms with E-state index in [4.69, 9.17) is 11.6 Å². The minimum absolute atomic E-state index is 0.101. The summed E-state index contributed by atoms with van der Waals surface area (Å²) in [7, 11) is -2.89. The molecular formula is C13H15ClO3S. The Bertz CT molecular complexity index is 525. The Labute approximate surface area is 112 Å². The van der Waals surface area contributed by atoms with Crippen LogP contribution >= 0.6 is 11.6 Å². The van der Waals surface area contributed by atoms with Gasteiger partial charge in [0.1, 0.15) is 16.1 Å². The molecule has 1 unspecified atom stereocenters. The van der Waals surface area contributed by atoms with Crippen LogP contribution in [0.15, 0.2) is 24.3 Å². The highest BCUT2D eigenvalue weighted by atomic mass is 35.5. The zero-order valence-corrected chi connectivity index (χ0v) is 11.5. The second-order valence-corrected chi connectivity index (χ2v) is 7.45. The summed E-state index contributed by atoms with van der Waals surface area (Å²) < 4.78 is 22.8. The average Bonchev–Trinajstić information content (AvgIpc) is 2.32. The van der Waals surface area contributed by atoms with Crippen molar-refractivity contribution < 1.29 is 13.2 Å². The normalized spacial score (nSPS) is 21.4. The van der Waals surface area contributed by atoms with Gasteiger partial charge in [0.2, 0.25) is 0 Å². The van der Waals surface area contributed by atoms with E-state index in [1.807, 2.05) is 12.1 Å².